The van der Waals surface area contributed by atoms with Gasteiger partial charge in [0.15, 0.2) is 0 Å². The summed E-state index contributed by atoms with van der Waals surface area (Å²) in [5.41, 5.74) is 2.54. The lowest BCUT2D eigenvalue weighted by Gasteiger charge is -2.28. The largest absolute Gasteiger partial charge is 0.447 e. The number of aromatic nitrogens is 1. The van der Waals surface area contributed by atoms with E-state index in [1.54, 1.807) is 39.1 Å². The zero-order chi connectivity index (χ0) is 32.4. The van der Waals surface area contributed by atoms with Gasteiger partial charge in [0.1, 0.15) is 0 Å². The van der Waals surface area contributed by atoms with Gasteiger partial charge < -0.3 is 20.7 Å². The molecule has 1 atom stereocenters. The molecule has 1 fully saturated rings. The summed E-state index contributed by atoms with van der Waals surface area (Å²) < 4.78 is 35.4. The number of fused-ring (bicyclic) bond motifs is 1. The van der Waals surface area contributed by atoms with E-state index in [2.05, 4.69) is 20.7 Å². The van der Waals surface area contributed by atoms with Crippen LogP contribution in [0.15, 0.2) is 53.6 Å². The lowest BCUT2D eigenvalue weighted by molar-refractivity contribution is -0.118. The molecule has 2 heterocycles. The second-order valence-corrected chi connectivity index (χ2v) is 15.9. The molecule has 0 saturated heterocycles. The number of amides is 2. The summed E-state index contributed by atoms with van der Waals surface area (Å²) in [6.07, 6.45) is 5.09. The average molecular weight is 654 g/mol. The zero-order valence-electron chi connectivity index (χ0n) is 26.5. The Morgan fingerprint density at radius 3 is 2.44 bits per heavy atom. The number of ether oxygens (including phenoxy) is 1. The third-order valence-electron chi connectivity index (χ3n) is 7.91. The van der Waals surface area contributed by atoms with E-state index in [0.29, 0.717) is 24.2 Å². The molecule has 2 aromatic carbocycles. The van der Waals surface area contributed by atoms with Crippen LogP contribution in [0.25, 0.3) is 10.4 Å². The van der Waals surface area contributed by atoms with Gasteiger partial charge in [-0.1, -0.05) is 30.3 Å². The van der Waals surface area contributed by atoms with Crippen molar-refractivity contribution in [2.24, 2.45) is 0 Å². The maximum atomic E-state index is 13.7. The van der Waals surface area contributed by atoms with Crippen LogP contribution < -0.4 is 20.7 Å². The minimum atomic E-state index is -3.95. The van der Waals surface area contributed by atoms with Crippen molar-refractivity contribution in [2.45, 2.75) is 108 Å². The smallest absolute Gasteiger partial charge is 0.407 e. The summed E-state index contributed by atoms with van der Waals surface area (Å²) in [7, 11) is -3.95. The van der Waals surface area contributed by atoms with Gasteiger partial charge in [-0.2, -0.15) is 0 Å². The van der Waals surface area contributed by atoms with Gasteiger partial charge in [-0.25, -0.2) is 22.9 Å². The Labute approximate surface area is 269 Å². The lowest BCUT2D eigenvalue weighted by Crippen LogP contribution is -2.44. The fourth-order valence-electron chi connectivity index (χ4n) is 5.85. The highest BCUT2D eigenvalue weighted by Gasteiger charge is 2.30. The molecule has 2 aliphatic rings. The van der Waals surface area contributed by atoms with E-state index in [-0.39, 0.29) is 35.0 Å². The van der Waals surface area contributed by atoms with E-state index in [9.17, 15) is 18.0 Å². The molecule has 1 saturated carbocycles. The fraction of sp³-hybridized carbons (Fsp3) is 0.485. The van der Waals surface area contributed by atoms with Crippen molar-refractivity contribution in [1.82, 2.24) is 20.3 Å². The summed E-state index contributed by atoms with van der Waals surface area (Å²) in [6.45, 7) is 9.62. The van der Waals surface area contributed by atoms with E-state index in [4.69, 9.17) is 9.72 Å². The Morgan fingerprint density at radius 2 is 1.76 bits per heavy atom. The summed E-state index contributed by atoms with van der Waals surface area (Å²) in [5.74, 6) is 0.00869. The molecule has 1 aromatic heterocycles. The van der Waals surface area contributed by atoms with Gasteiger partial charge in [0.05, 0.1) is 26.9 Å². The van der Waals surface area contributed by atoms with Crippen LogP contribution in [-0.4, -0.2) is 49.1 Å². The maximum Gasteiger partial charge on any atom is 0.407 e. The third kappa shape index (κ3) is 8.49. The number of nitrogens with zero attached hydrogens (tertiary/aromatic N) is 1. The second kappa shape index (κ2) is 13.6. The number of nitrogens with one attached hydrogen (secondary N) is 4. The van der Waals surface area contributed by atoms with E-state index >= 15 is 0 Å². The average Bonchev–Trinajstić information content (AvgIpc) is 3.46. The number of carbonyl (C=O) groups is 2. The van der Waals surface area contributed by atoms with Gasteiger partial charge in [-0.15, -0.1) is 11.3 Å². The van der Waals surface area contributed by atoms with E-state index in [1.165, 1.54) is 23.0 Å². The number of carbonyl (C=O) groups excluding carboxylic acids is 2. The molecule has 4 N–H and O–H groups in total. The molecule has 12 heteroatoms. The highest BCUT2D eigenvalue weighted by Crippen LogP contribution is 2.40. The van der Waals surface area contributed by atoms with Crippen LogP contribution in [0.3, 0.4) is 0 Å². The molecule has 0 radical (unpaired) electrons. The second-order valence-electron chi connectivity index (χ2n) is 13.2. The first-order valence-electron chi connectivity index (χ1n) is 15.5. The van der Waals surface area contributed by atoms with Crippen molar-refractivity contribution in [3.8, 4) is 10.4 Å². The molecular weight excluding hydrogens is 611 g/mol. The van der Waals surface area contributed by atoms with Crippen LogP contribution in [0.2, 0.25) is 0 Å². The first-order chi connectivity index (χ1) is 21.3. The van der Waals surface area contributed by atoms with Crippen molar-refractivity contribution in [3.63, 3.8) is 0 Å². The van der Waals surface area contributed by atoms with Crippen molar-refractivity contribution in [2.75, 3.05) is 5.32 Å². The monoisotopic (exact) mass is 653 g/mol. The fourth-order valence-corrected chi connectivity index (χ4v) is 8.71. The van der Waals surface area contributed by atoms with Crippen LogP contribution in [0.5, 0.6) is 0 Å². The summed E-state index contributed by atoms with van der Waals surface area (Å²) in [5, 5.41) is 10.1. The topological polar surface area (TPSA) is 139 Å². The van der Waals surface area contributed by atoms with Gasteiger partial charge in [-0.3, -0.25) is 4.79 Å². The zero-order valence-corrected chi connectivity index (χ0v) is 28.1. The van der Waals surface area contributed by atoms with Gasteiger partial charge in [0.25, 0.3) is 0 Å². The predicted octanol–water partition coefficient (Wildman–Crippen LogP) is 5.70. The minimum Gasteiger partial charge on any atom is -0.447 e. The first-order valence-corrected chi connectivity index (χ1v) is 17.8. The van der Waals surface area contributed by atoms with Gasteiger partial charge in [0.2, 0.25) is 15.9 Å². The quantitative estimate of drug-likeness (QED) is 0.245. The van der Waals surface area contributed by atoms with E-state index in [0.717, 1.165) is 41.1 Å². The van der Waals surface area contributed by atoms with Crippen molar-refractivity contribution in [1.29, 1.82) is 0 Å². The molecule has 1 aliphatic heterocycles. The highest BCUT2D eigenvalue weighted by molar-refractivity contribution is 7.89. The molecule has 10 nitrogen and oxygen atoms in total. The van der Waals surface area contributed by atoms with Gasteiger partial charge in [0, 0.05) is 41.5 Å². The number of benzene rings is 2. The Hall–Kier alpha value is -3.32. The van der Waals surface area contributed by atoms with Crippen LogP contribution in [0.1, 0.15) is 82.4 Å². The molecule has 1 unspecified atom stereocenters. The van der Waals surface area contributed by atoms with Crippen LogP contribution in [0.4, 0.5) is 10.5 Å². The Balaban J connectivity index is 1.34. The number of hydrogen-bond acceptors (Lipinski definition) is 8. The van der Waals surface area contributed by atoms with E-state index in [1.807, 2.05) is 38.1 Å². The number of hydrogen-bond donors (Lipinski definition) is 4. The van der Waals surface area contributed by atoms with Crippen LogP contribution >= 0.6 is 11.3 Å². The summed E-state index contributed by atoms with van der Waals surface area (Å²) in [4.78, 5) is 30.8. The SMILES string of the molecule is CC(C)OC(=O)NC1CCC(c2ncc(-c3ccc(NC(=O)C4Cc5ccccc5CN4)cc3S(=O)(=O)NC(C)(C)C)s2)CC1. The number of sulfonamides is 1. The molecular formula is C33H43N5O5S2. The maximum absolute atomic E-state index is 13.7. The molecule has 0 spiro atoms. The highest BCUT2D eigenvalue weighted by atomic mass is 32.2. The molecule has 242 valence electrons. The molecule has 5 rings (SSSR count). The number of thiazole rings is 1. The van der Waals surface area contributed by atoms with Crippen molar-refractivity contribution >= 4 is 39.0 Å². The molecule has 3 aromatic rings. The van der Waals surface area contributed by atoms with Crippen LogP contribution in [-0.2, 0) is 32.5 Å². The molecule has 45 heavy (non-hydrogen) atoms. The Kier molecular flexibility index (Phi) is 9.97. The Morgan fingerprint density at radius 1 is 1.04 bits per heavy atom. The predicted molar refractivity (Wildman–Crippen MR) is 177 cm³/mol. The summed E-state index contributed by atoms with van der Waals surface area (Å²) in [6, 6.07) is 12.7. The molecule has 1 aliphatic carbocycles. The summed E-state index contributed by atoms with van der Waals surface area (Å²) >= 11 is 1.49. The Bertz CT molecular complexity index is 1640. The van der Waals surface area contributed by atoms with Gasteiger partial charge in [-0.05, 0) is 90.0 Å². The number of rotatable bonds is 8. The molecule has 0 bridgehead atoms. The number of alkyl carbamates (subject to hydrolysis) is 1. The van der Waals surface area contributed by atoms with Gasteiger partial charge >= 0.3 is 6.09 Å². The lowest BCUT2D eigenvalue weighted by atomic mass is 9.86. The number of anilines is 1. The van der Waals surface area contributed by atoms with E-state index < -0.39 is 21.6 Å². The first kappa shape index (κ1) is 33.1. The van der Waals surface area contributed by atoms with Crippen LogP contribution in [0, 0.1) is 0 Å². The van der Waals surface area contributed by atoms with Crippen molar-refractivity contribution in [3.05, 3.63) is 64.8 Å². The van der Waals surface area contributed by atoms with Crippen molar-refractivity contribution < 1.29 is 22.7 Å². The third-order valence-corrected chi connectivity index (χ3v) is 10.9. The standard InChI is InChI=1S/C33H43N5O5S2/c1-20(2)43-32(40)37-24-12-10-21(11-13-24)31-35-19-28(44-31)26-15-14-25(17-29(26)45(41,42)38-33(3,4)5)36-30(39)27-16-22-8-6-7-9-23(22)18-34-27/h6-9,14-15,17,19-21,24,27,34,38H,10-13,16,18H2,1-5H3,(H,36,39)(H,37,40). The molecule has 2 amide bonds. The normalized spacial score (nSPS) is 20.4. The minimum absolute atomic E-state index is 0.0634.